The number of non-ortho nitro benzene ring substituents is 1. The highest BCUT2D eigenvalue weighted by molar-refractivity contribution is 7.19. The van der Waals surface area contributed by atoms with E-state index < -0.39 is 4.92 Å². The number of hydrogen-bond donors (Lipinski definition) is 1. The van der Waals surface area contributed by atoms with Crippen molar-refractivity contribution in [2.24, 2.45) is 16.4 Å². The Balaban J connectivity index is 1.64. The fraction of sp³-hybridized carbons (Fsp3) is 0.435. The Morgan fingerprint density at radius 3 is 2.74 bits per heavy atom. The molecular formula is C23H27N5O2S. The van der Waals surface area contributed by atoms with Crippen LogP contribution in [0.15, 0.2) is 35.7 Å². The van der Waals surface area contributed by atoms with Crippen molar-refractivity contribution < 1.29 is 4.92 Å². The Kier molecular flexibility index (Phi) is 5.75. The number of aryl methyl sites for hydroxylation is 1. The van der Waals surface area contributed by atoms with Crippen LogP contribution in [0.5, 0.6) is 0 Å². The number of anilines is 1. The van der Waals surface area contributed by atoms with E-state index >= 15 is 0 Å². The van der Waals surface area contributed by atoms with E-state index in [0.29, 0.717) is 11.3 Å². The molecule has 7 nitrogen and oxygen atoms in total. The van der Waals surface area contributed by atoms with Crippen molar-refractivity contribution in [3.8, 4) is 0 Å². The van der Waals surface area contributed by atoms with Crippen LogP contribution in [0, 0.1) is 21.4 Å². The molecule has 1 aliphatic rings. The molecule has 0 aliphatic heterocycles. The zero-order valence-corrected chi connectivity index (χ0v) is 19.1. The third-order valence-electron chi connectivity index (χ3n) is 6.68. The van der Waals surface area contributed by atoms with Gasteiger partial charge in [0.1, 0.15) is 11.2 Å². The van der Waals surface area contributed by atoms with Gasteiger partial charge < -0.3 is 0 Å². The van der Waals surface area contributed by atoms with Gasteiger partial charge in [-0.2, -0.15) is 5.10 Å². The lowest BCUT2D eigenvalue weighted by Gasteiger charge is -2.36. The molecule has 1 unspecified atom stereocenters. The average molecular weight is 438 g/mol. The molecule has 0 amide bonds. The summed E-state index contributed by atoms with van der Waals surface area (Å²) < 4.78 is 0. The van der Waals surface area contributed by atoms with Gasteiger partial charge in [-0.05, 0) is 60.8 Å². The maximum Gasteiger partial charge on any atom is 0.269 e. The number of nitrogens with zero attached hydrogens (tertiary/aromatic N) is 4. The summed E-state index contributed by atoms with van der Waals surface area (Å²) in [6.45, 7) is 8.87. The number of nitrogens with one attached hydrogen (secondary N) is 1. The van der Waals surface area contributed by atoms with Gasteiger partial charge in [-0.1, -0.05) is 27.2 Å². The van der Waals surface area contributed by atoms with Crippen molar-refractivity contribution in [1.82, 2.24) is 9.97 Å². The summed E-state index contributed by atoms with van der Waals surface area (Å²) in [5.74, 6) is 1.36. The molecule has 0 bridgehead atoms. The Bertz CT molecular complexity index is 1150. The second-order valence-corrected chi connectivity index (χ2v) is 9.88. The fourth-order valence-electron chi connectivity index (χ4n) is 4.17. The first-order chi connectivity index (χ1) is 14.8. The molecular weight excluding hydrogens is 410 g/mol. The van der Waals surface area contributed by atoms with Gasteiger partial charge >= 0.3 is 0 Å². The van der Waals surface area contributed by atoms with Crippen molar-refractivity contribution >= 4 is 38.8 Å². The van der Waals surface area contributed by atoms with Crippen molar-refractivity contribution in [1.29, 1.82) is 0 Å². The summed E-state index contributed by atoms with van der Waals surface area (Å²) in [6.07, 6.45) is 6.10. The number of nitro groups is 1. The highest BCUT2D eigenvalue weighted by atomic mass is 32.1. The maximum absolute atomic E-state index is 10.9. The van der Waals surface area contributed by atoms with Gasteiger partial charge in [0.15, 0.2) is 5.82 Å². The standard InChI is InChI=1S/C23H27N5O2S/c1-5-23(3,4)16-8-11-19-18(12-16)20-21(24-13-25-22(20)31-19)27-26-14(2)15-6-9-17(10-7-15)28(29)30/h6-7,9-10,13,16H,5,8,11-12H2,1-4H3,(H,24,25,27)/b26-14-. The molecule has 0 spiro atoms. The lowest BCUT2D eigenvalue weighted by atomic mass is 9.69. The van der Waals surface area contributed by atoms with Crippen LogP contribution in [0.3, 0.4) is 0 Å². The van der Waals surface area contributed by atoms with Crippen LogP contribution < -0.4 is 5.43 Å². The van der Waals surface area contributed by atoms with Gasteiger partial charge in [0.25, 0.3) is 5.69 Å². The number of benzene rings is 1. The zero-order chi connectivity index (χ0) is 22.2. The minimum Gasteiger partial charge on any atom is -0.260 e. The van der Waals surface area contributed by atoms with Crippen molar-refractivity contribution in [3.05, 3.63) is 56.7 Å². The molecule has 8 heteroatoms. The molecule has 0 radical (unpaired) electrons. The van der Waals surface area contributed by atoms with Gasteiger partial charge in [-0.3, -0.25) is 15.5 Å². The van der Waals surface area contributed by atoms with Crippen LogP contribution in [-0.4, -0.2) is 20.6 Å². The Morgan fingerprint density at radius 1 is 1.32 bits per heavy atom. The van der Waals surface area contributed by atoms with Crippen molar-refractivity contribution in [3.63, 3.8) is 0 Å². The summed E-state index contributed by atoms with van der Waals surface area (Å²) in [5.41, 5.74) is 6.43. The molecule has 0 fully saturated rings. The molecule has 162 valence electrons. The van der Waals surface area contributed by atoms with E-state index in [1.165, 1.54) is 29.0 Å². The molecule has 31 heavy (non-hydrogen) atoms. The highest BCUT2D eigenvalue weighted by Crippen LogP contribution is 2.45. The van der Waals surface area contributed by atoms with Crippen LogP contribution in [0.4, 0.5) is 11.5 Å². The Hall–Kier alpha value is -2.87. The molecule has 1 aliphatic carbocycles. The first-order valence-electron chi connectivity index (χ1n) is 10.6. The predicted octanol–water partition coefficient (Wildman–Crippen LogP) is 5.98. The minimum atomic E-state index is -0.404. The number of hydrogen-bond acceptors (Lipinski definition) is 7. The molecule has 2 aromatic heterocycles. The monoisotopic (exact) mass is 437 g/mol. The topological polar surface area (TPSA) is 93.3 Å². The summed E-state index contributed by atoms with van der Waals surface area (Å²) in [4.78, 5) is 21.9. The molecule has 2 heterocycles. The van der Waals surface area contributed by atoms with Gasteiger partial charge in [-0.25, -0.2) is 9.97 Å². The third-order valence-corrected chi connectivity index (χ3v) is 7.88. The van der Waals surface area contributed by atoms with Crippen LogP contribution in [0.25, 0.3) is 10.2 Å². The number of rotatable bonds is 6. The highest BCUT2D eigenvalue weighted by Gasteiger charge is 2.33. The molecule has 0 saturated heterocycles. The van der Waals surface area contributed by atoms with Gasteiger partial charge in [0, 0.05) is 17.0 Å². The average Bonchev–Trinajstić information content (AvgIpc) is 3.16. The lowest BCUT2D eigenvalue weighted by molar-refractivity contribution is -0.384. The van der Waals surface area contributed by atoms with E-state index in [0.717, 1.165) is 46.6 Å². The van der Waals surface area contributed by atoms with Crippen LogP contribution in [0.1, 0.15) is 56.5 Å². The molecule has 1 atom stereocenters. The first-order valence-corrected chi connectivity index (χ1v) is 11.4. The van der Waals surface area contributed by atoms with E-state index in [1.807, 2.05) is 6.92 Å². The lowest BCUT2D eigenvalue weighted by Crippen LogP contribution is -2.28. The predicted molar refractivity (Wildman–Crippen MR) is 126 cm³/mol. The largest absolute Gasteiger partial charge is 0.269 e. The van der Waals surface area contributed by atoms with Crippen LogP contribution in [-0.2, 0) is 12.8 Å². The normalized spacial score (nSPS) is 16.9. The Labute approximate surface area is 185 Å². The number of fused-ring (bicyclic) bond motifs is 3. The zero-order valence-electron chi connectivity index (χ0n) is 18.3. The van der Waals surface area contributed by atoms with Gasteiger partial charge in [0.2, 0.25) is 0 Å². The summed E-state index contributed by atoms with van der Waals surface area (Å²) in [6, 6.07) is 6.39. The summed E-state index contributed by atoms with van der Waals surface area (Å²) >= 11 is 1.77. The van der Waals surface area contributed by atoms with E-state index in [2.05, 4.69) is 41.3 Å². The number of thiophene rings is 1. The van der Waals surface area contributed by atoms with E-state index in [1.54, 1.807) is 29.8 Å². The second-order valence-electron chi connectivity index (χ2n) is 8.80. The quantitative estimate of drug-likeness (QED) is 0.291. The number of nitro benzene ring substituents is 1. The summed E-state index contributed by atoms with van der Waals surface area (Å²) in [7, 11) is 0. The first kappa shape index (κ1) is 21.4. The SMILES string of the molecule is CCC(C)(C)C1CCc2sc3ncnc(N/N=C(/C)c4ccc([N+](=O)[O-])cc4)c3c2C1. The third kappa shape index (κ3) is 4.17. The smallest absolute Gasteiger partial charge is 0.260 e. The minimum absolute atomic E-state index is 0.0662. The molecule has 1 aromatic carbocycles. The Morgan fingerprint density at radius 2 is 2.06 bits per heavy atom. The maximum atomic E-state index is 10.9. The number of aromatic nitrogens is 2. The molecule has 0 saturated carbocycles. The number of hydrazone groups is 1. The van der Waals surface area contributed by atoms with E-state index in [-0.39, 0.29) is 5.69 Å². The van der Waals surface area contributed by atoms with E-state index in [9.17, 15) is 10.1 Å². The summed E-state index contributed by atoms with van der Waals surface area (Å²) in [5, 5.41) is 16.5. The van der Waals surface area contributed by atoms with Crippen molar-refractivity contribution in [2.45, 2.75) is 53.4 Å². The van der Waals surface area contributed by atoms with Gasteiger partial charge in [0.05, 0.1) is 16.0 Å². The molecule has 4 rings (SSSR count). The van der Waals surface area contributed by atoms with Crippen LogP contribution in [0.2, 0.25) is 0 Å². The fourth-order valence-corrected chi connectivity index (χ4v) is 5.36. The molecule has 1 N–H and O–H groups in total. The van der Waals surface area contributed by atoms with E-state index in [4.69, 9.17) is 0 Å². The van der Waals surface area contributed by atoms with Gasteiger partial charge in [-0.15, -0.1) is 11.3 Å². The van der Waals surface area contributed by atoms with Crippen LogP contribution >= 0.6 is 11.3 Å². The molecule has 3 aromatic rings. The second kappa shape index (κ2) is 8.34. The van der Waals surface area contributed by atoms with Crippen molar-refractivity contribution in [2.75, 3.05) is 5.43 Å².